The molecule has 0 radical (unpaired) electrons. The topological polar surface area (TPSA) is 94.0 Å². The van der Waals surface area contributed by atoms with Gasteiger partial charge in [-0.15, -0.1) is 5.10 Å². The van der Waals surface area contributed by atoms with Crippen LogP contribution in [0, 0.1) is 5.92 Å². The number of rotatable bonds is 3. The van der Waals surface area contributed by atoms with E-state index in [1.54, 1.807) is 10.9 Å². The molecule has 6 nitrogen and oxygen atoms in total. The largest absolute Gasteiger partial charge is 0.396 e. The number of hydrogen-bond acceptors (Lipinski definition) is 4. The molecule has 1 aliphatic rings. The van der Waals surface area contributed by atoms with Crippen LogP contribution in [0.1, 0.15) is 29.4 Å². The molecule has 0 saturated heterocycles. The van der Waals surface area contributed by atoms with Crippen LogP contribution >= 0.6 is 22.6 Å². The third-order valence-corrected chi connectivity index (χ3v) is 4.25. The van der Waals surface area contributed by atoms with E-state index in [0.717, 1.165) is 12.8 Å². The lowest BCUT2D eigenvalue weighted by atomic mass is 10.1. The molecule has 1 amide bonds. The fourth-order valence-corrected chi connectivity index (χ4v) is 3.38. The summed E-state index contributed by atoms with van der Waals surface area (Å²) < 4.78 is 2.09. The maximum absolute atomic E-state index is 10.9. The van der Waals surface area contributed by atoms with Gasteiger partial charge in [0.1, 0.15) is 0 Å². The Balaban J connectivity index is 2.15. The molecule has 3 N–H and O–H groups in total. The zero-order chi connectivity index (χ0) is 11.7. The van der Waals surface area contributed by atoms with Gasteiger partial charge >= 0.3 is 0 Å². The first-order valence-electron chi connectivity index (χ1n) is 5.08. The number of amides is 1. The van der Waals surface area contributed by atoms with Crippen molar-refractivity contribution in [2.24, 2.45) is 11.7 Å². The number of aliphatic hydroxyl groups excluding tert-OH is 1. The van der Waals surface area contributed by atoms with Gasteiger partial charge in [-0.2, -0.15) is 0 Å². The molecule has 88 valence electrons. The van der Waals surface area contributed by atoms with E-state index in [0.29, 0.717) is 9.84 Å². The Bertz CT molecular complexity index is 395. The van der Waals surface area contributed by atoms with Gasteiger partial charge in [0.25, 0.3) is 5.91 Å². The van der Waals surface area contributed by atoms with E-state index in [-0.39, 0.29) is 18.3 Å². The summed E-state index contributed by atoms with van der Waals surface area (Å²) in [5, 5.41) is 16.8. The van der Waals surface area contributed by atoms with Crippen molar-refractivity contribution in [3.05, 3.63) is 11.9 Å². The van der Waals surface area contributed by atoms with Crippen molar-refractivity contribution in [1.82, 2.24) is 15.0 Å². The lowest BCUT2D eigenvalue weighted by molar-refractivity contribution is 0.0995. The quantitative estimate of drug-likeness (QED) is 0.606. The summed E-state index contributed by atoms with van der Waals surface area (Å²) >= 11 is 2.35. The molecule has 1 heterocycles. The Labute approximate surface area is 106 Å². The number of nitrogens with two attached hydrogens (primary N) is 1. The number of halogens is 1. The molecule has 1 aliphatic carbocycles. The van der Waals surface area contributed by atoms with E-state index in [1.807, 2.05) is 0 Å². The van der Waals surface area contributed by atoms with Crippen molar-refractivity contribution in [3.8, 4) is 0 Å². The Hall–Kier alpha value is -0.700. The number of carbonyl (C=O) groups is 1. The normalized spacial score (nSPS) is 29.5. The Morgan fingerprint density at radius 2 is 2.44 bits per heavy atom. The second-order valence-electron chi connectivity index (χ2n) is 4.05. The van der Waals surface area contributed by atoms with Crippen LogP contribution in [0.25, 0.3) is 0 Å². The average molecular weight is 336 g/mol. The lowest BCUT2D eigenvalue weighted by Crippen LogP contribution is -2.14. The molecule has 16 heavy (non-hydrogen) atoms. The van der Waals surface area contributed by atoms with Gasteiger partial charge in [0.2, 0.25) is 0 Å². The summed E-state index contributed by atoms with van der Waals surface area (Å²) in [7, 11) is 0. The highest BCUT2D eigenvalue weighted by molar-refractivity contribution is 14.1. The van der Waals surface area contributed by atoms with Gasteiger partial charge in [0.05, 0.1) is 12.2 Å². The SMILES string of the molecule is NC(=O)c1cn([C@@H]2C[C@H](CO)C[C@H]2I)nn1. The molecule has 0 bridgehead atoms. The summed E-state index contributed by atoms with van der Waals surface area (Å²) in [6, 6.07) is 0.193. The number of hydrogen-bond donors (Lipinski definition) is 2. The molecule has 1 saturated carbocycles. The van der Waals surface area contributed by atoms with Crippen molar-refractivity contribution in [2.45, 2.75) is 22.8 Å². The van der Waals surface area contributed by atoms with Crippen LogP contribution in [0.2, 0.25) is 0 Å². The van der Waals surface area contributed by atoms with E-state index < -0.39 is 5.91 Å². The summed E-state index contributed by atoms with van der Waals surface area (Å²) in [5.74, 6) is -0.249. The van der Waals surface area contributed by atoms with Gasteiger partial charge in [-0.3, -0.25) is 4.79 Å². The number of aromatic nitrogens is 3. The monoisotopic (exact) mass is 336 g/mol. The minimum Gasteiger partial charge on any atom is -0.396 e. The minimum absolute atomic E-state index is 0.191. The van der Waals surface area contributed by atoms with Crippen molar-refractivity contribution in [1.29, 1.82) is 0 Å². The Kier molecular flexibility index (Phi) is 3.43. The standard InChI is InChI=1S/C9H13IN4O2/c10-6-1-5(4-15)2-8(6)14-3-7(9(11)16)12-13-14/h3,5-6,8,15H,1-2,4H2,(H2,11,16)/t5-,6-,8-/m1/s1. The number of alkyl halides is 1. The zero-order valence-electron chi connectivity index (χ0n) is 8.58. The van der Waals surface area contributed by atoms with Gasteiger partial charge in [-0.1, -0.05) is 27.8 Å². The van der Waals surface area contributed by atoms with Crippen LogP contribution in [-0.2, 0) is 0 Å². The maximum Gasteiger partial charge on any atom is 0.270 e. The smallest absolute Gasteiger partial charge is 0.270 e. The second-order valence-corrected chi connectivity index (χ2v) is 5.65. The van der Waals surface area contributed by atoms with Gasteiger partial charge in [0.15, 0.2) is 5.69 Å². The van der Waals surface area contributed by atoms with Crippen LogP contribution in [0.3, 0.4) is 0 Å². The van der Waals surface area contributed by atoms with Crippen LogP contribution in [-0.4, -0.2) is 36.5 Å². The molecular weight excluding hydrogens is 323 g/mol. The zero-order valence-corrected chi connectivity index (χ0v) is 10.7. The molecule has 7 heteroatoms. The van der Waals surface area contributed by atoms with Crippen LogP contribution in [0.15, 0.2) is 6.20 Å². The summed E-state index contributed by atoms with van der Waals surface area (Å²) in [4.78, 5) is 10.9. The first-order valence-corrected chi connectivity index (χ1v) is 6.33. The van der Waals surface area contributed by atoms with E-state index in [9.17, 15) is 4.79 Å². The fraction of sp³-hybridized carbons (Fsp3) is 0.667. The third kappa shape index (κ3) is 2.19. The van der Waals surface area contributed by atoms with Crippen molar-refractivity contribution in [2.75, 3.05) is 6.61 Å². The highest BCUT2D eigenvalue weighted by Gasteiger charge is 2.34. The summed E-state index contributed by atoms with van der Waals surface area (Å²) in [6.07, 6.45) is 3.41. The van der Waals surface area contributed by atoms with E-state index >= 15 is 0 Å². The molecule has 1 aromatic heterocycles. The number of carbonyl (C=O) groups excluding carboxylic acids is 1. The predicted molar refractivity (Wildman–Crippen MR) is 65.2 cm³/mol. The highest BCUT2D eigenvalue weighted by Crippen LogP contribution is 2.39. The average Bonchev–Trinajstić information content (AvgIpc) is 2.83. The summed E-state index contributed by atoms with van der Waals surface area (Å²) in [5.41, 5.74) is 5.31. The third-order valence-electron chi connectivity index (χ3n) is 2.91. The molecule has 1 fully saturated rings. The van der Waals surface area contributed by atoms with E-state index in [1.165, 1.54) is 0 Å². The van der Waals surface area contributed by atoms with E-state index in [4.69, 9.17) is 10.8 Å². The minimum atomic E-state index is -0.562. The molecule has 3 atom stereocenters. The van der Waals surface area contributed by atoms with Crippen LogP contribution in [0.4, 0.5) is 0 Å². The molecule has 0 spiro atoms. The van der Waals surface area contributed by atoms with Crippen LogP contribution in [0.5, 0.6) is 0 Å². The number of aliphatic hydroxyl groups is 1. The highest BCUT2D eigenvalue weighted by atomic mass is 127. The lowest BCUT2D eigenvalue weighted by Gasteiger charge is -2.12. The fourth-order valence-electron chi connectivity index (χ4n) is 2.04. The molecule has 2 rings (SSSR count). The van der Waals surface area contributed by atoms with Gasteiger partial charge in [0, 0.05) is 10.5 Å². The van der Waals surface area contributed by atoms with Crippen molar-refractivity contribution in [3.63, 3.8) is 0 Å². The molecule has 1 aromatic rings. The maximum atomic E-state index is 10.9. The second kappa shape index (κ2) is 4.66. The number of primary amides is 1. The van der Waals surface area contributed by atoms with Crippen LogP contribution < -0.4 is 5.73 Å². The molecular formula is C9H13IN4O2. The number of nitrogens with zero attached hydrogens (tertiary/aromatic N) is 3. The van der Waals surface area contributed by atoms with E-state index in [2.05, 4.69) is 32.9 Å². The molecule has 0 aromatic carbocycles. The Morgan fingerprint density at radius 1 is 1.69 bits per heavy atom. The van der Waals surface area contributed by atoms with Crippen molar-refractivity contribution < 1.29 is 9.90 Å². The Morgan fingerprint density at radius 3 is 2.94 bits per heavy atom. The molecule has 0 aliphatic heterocycles. The van der Waals surface area contributed by atoms with Gasteiger partial charge < -0.3 is 10.8 Å². The van der Waals surface area contributed by atoms with Gasteiger partial charge in [-0.05, 0) is 18.8 Å². The molecule has 0 unspecified atom stereocenters. The first kappa shape index (κ1) is 11.8. The summed E-state index contributed by atoms with van der Waals surface area (Å²) in [6.45, 7) is 0.202. The first-order chi connectivity index (χ1) is 7.61. The predicted octanol–water partition coefficient (Wildman–Crippen LogP) is 0.124. The van der Waals surface area contributed by atoms with Gasteiger partial charge in [-0.25, -0.2) is 4.68 Å². The van der Waals surface area contributed by atoms with Crippen molar-refractivity contribution >= 4 is 28.5 Å².